The number of hydrogen-bond donors (Lipinski definition) is 5. The lowest BCUT2D eigenvalue weighted by atomic mass is 9.32. The van der Waals surface area contributed by atoms with Crippen molar-refractivity contribution in [3.05, 3.63) is 83.0 Å². The van der Waals surface area contributed by atoms with Crippen LogP contribution in [0.1, 0.15) is 148 Å². The zero-order valence-electron chi connectivity index (χ0n) is 38.1. The lowest BCUT2D eigenvalue weighted by Crippen LogP contribution is -2.72. The maximum atomic E-state index is 15.5. The topological polar surface area (TPSA) is 145 Å². The average molecular weight is 845 g/mol. The number of nitrogen functional groups attached to an aromatic ring is 1. The van der Waals surface area contributed by atoms with Crippen molar-refractivity contribution < 1.29 is 29.6 Å². The minimum atomic E-state index is -0.862. The summed E-state index contributed by atoms with van der Waals surface area (Å²) in [5, 5.41) is 38.4. The zero-order chi connectivity index (χ0) is 43.8. The molecule has 1 spiro atoms. The molecule has 0 unspecified atom stereocenters. The van der Waals surface area contributed by atoms with Gasteiger partial charge in [-0.2, -0.15) is 0 Å². The van der Waals surface area contributed by atoms with E-state index in [-0.39, 0.29) is 64.1 Å². The number of fused-ring (bicyclic) bond motifs is 5. The van der Waals surface area contributed by atoms with Crippen LogP contribution < -0.4 is 11.1 Å². The van der Waals surface area contributed by atoms with Crippen LogP contribution in [0, 0.1) is 51.2 Å². The standard InChI is InChI=1S/C54H72N2O6/c1-31(25-41(58)48-53(6,62-48)37-18-11-17-36(37)32-13-9-15-34(55)26-32)44-38-20-21-43-51(4,50(38,3)29-42(44)59)28-40-46-52(43,5)39-19-12-24-54(46,23-8-7-22-49(2,61)30-56-40)47(60)45(39)33-14-10-16-35(57)27-33/h9-10,12-16,19,26-27,31,36-37,39-41,43,45-46,48,56-58,61H,7-8,11,17-18,20-25,28-30,55H2,1-6H3/t31-,36+,37-,39+,40+,41-,43+,45-,46-,48-,49-,50+,51+,52+,53-,54+/m1/s1. The van der Waals surface area contributed by atoms with Crippen LogP contribution in [-0.4, -0.2) is 62.9 Å². The Labute approximate surface area is 369 Å². The first-order valence-electron chi connectivity index (χ1n) is 24.3. The Kier molecular flexibility index (Phi) is 10.0. The number of β-amino-alcohol motifs (C(OH)–C–C–N with tert-alkyl or cyclic N) is 1. The molecule has 16 atom stereocenters. The van der Waals surface area contributed by atoms with E-state index >= 15 is 4.79 Å². The minimum Gasteiger partial charge on any atom is -0.508 e. The number of benzene rings is 2. The molecule has 6 N–H and O–H groups in total. The summed E-state index contributed by atoms with van der Waals surface area (Å²) in [6.07, 6.45) is 14.5. The van der Waals surface area contributed by atoms with Crippen LogP contribution >= 0.6 is 0 Å². The second kappa shape index (κ2) is 14.6. The normalized spacial score (nSPS) is 45.8. The van der Waals surface area contributed by atoms with E-state index < -0.39 is 28.1 Å². The Hall–Kier alpha value is -3.30. The maximum Gasteiger partial charge on any atom is 0.159 e. The Morgan fingerprint density at radius 3 is 2.48 bits per heavy atom. The molecule has 0 amide bonds. The van der Waals surface area contributed by atoms with E-state index in [0.29, 0.717) is 49.8 Å². The molecule has 6 fully saturated rings. The number of aromatic hydroxyl groups is 1. The van der Waals surface area contributed by atoms with Crippen molar-refractivity contribution in [3.8, 4) is 5.75 Å². The number of Topliss-reactive ketones (excluding diaryl/α,β-unsaturated/α-hetero) is 2. The summed E-state index contributed by atoms with van der Waals surface area (Å²) in [6.45, 7) is 14.1. The molecule has 2 aromatic carbocycles. The van der Waals surface area contributed by atoms with Crippen molar-refractivity contribution in [2.45, 2.75) is 166 Å². The number of allylic oxidation sites excluding steroid dienone is 4. The zero-order valence-corrected chi connectivity index (χ0v) is 38.1. The van der Waals surface area contributed by atoms with Crippen LogP contribution in [0.2, 0.25) is 0 Å². The number of phenols is 1. The third-order valence-electron chi connectivity index (χ3n) is 19.7. The SMILES string of the molecule is C[C@H](C[C@@H](O)[C@H]1O[C@]1(C)[C@@H]1CCC[C@H]1c1cccc(N)c1)C1=C2CC[C@@H]3[C@]4(C)[C@H]5C=CC[C@]6(CCCC[C@@](C)(O)CN[C@@H](C[C@]3(C)[C@@]2(C)CC1=O)[C@@H]64)C(=O)[C@@H]5c1cccc(O)c1. The van der Waals surface area contributed by atoms with Gasteiger partial charge in [-0.3, -0.25) is 9.59 Å². The second-order valence-corrected chi connectivity index (χ2v) is 23.1. The van der Waals surface area contributed by atoms with Crippen molar-refractivity contribution in [1.29, 1.82) is 0 Å². The molecule has 2 aliphatic heterocycles. The van der Waals surface area contributed by atoms with Gasteiger partial charge in [0.2, 0.25) is 0 Å². The van der Waals surface area contributed by atoms with Gasteiger partial charge >= 0.3 is 0 Å². The molecule has 2 saturated heterocycles. The number of ketones is 2. The smallest absolute Gasteiger partial charge is 0.159 e. The van der Waals surface area contributed by atoms with Crippen LogP contribution in [0.25, 0.3) is 0 Å². The molecule has 2 heterocycles. The number of rotatable bonds is 7. The van der Waals surface area contributed by atoms with Gasteiger partial charge in [-0.15, -0.1) is 0 Å². The van der Waals surface area contributed by atoms with Crippen LogP contribution in [0.4, 0.5) is 5.69 Å². The Balaban J connectivity index is 0.993. The van der Waals surface area contributed by atoms with E-state index in [1.807, 2.05) is 37.3 Å². The monoisotopic (exact) mass is 845 g/mol. The number of epoxide rings is 1. The molecule has 7 aliphatic carbocycles. The number of phenolic OH excluding ortho intramolecular Hbond substituents is 1. The van der Waals surface area contributed by atoms with E-state index in [2.05, 4.69) is 64.2 Å². The summed E-state index contributed by atoms with van der Waals surface area (Å²) < 4.78 is 6.52. The summed E-state index contributed by atoms with van der Waals surface area (Å²) in [4.78, 5) is 30.3. The molecule has 0 radical (unpaired) electrons. The maximum absolute atomic E-state index is 15.5. The van der Waals surface area contributed by atoms with Crippen LogP contribution in [0.15, 0.2) is 71.8 Å². The molecule has 8 nitrogen and oxygen atoms in total. The number of ether oxygens (including phenoxy) is 1. The average Bonchev–Trinajstić information content (AvgIpc) is 3.61. The molecular weight excluding hydrogens is 773 g/mol. The molecule has 0 aromatic heterocycles. The first kappa shape index (κ1) is 42.6. The highest BCUT2D eigenvalue weighted by molar-refractivity contribution is 6.00. The fourth-order valence-corrected chi connectivity index (χ4v) is 16.9. The number of anilines is 1. The lowest BCUT2D eigenvalue weighted by Gasteiger charge is -2.72. The van der Waals surface area contributed by atoms with Gasteiger partial charge < -0.3 is 31.1 Å². The van der Waals surface area contributed by atoms with Gasteiger partial charge in [0.15, 0.2) is 5.78 Å². The van der Waals surface area contributed by atoms with Crippen LogP contribution in [0.3, 0.4) is 0 Å². The summed E-state index contributed by atoms with van der Waals surface area (Å²) >= 11 is 0. The van der Waals surface area contributed by atoms with Gasteiger partial charge in [-0.05, 0) is 159 Å². The van der Waals surface area contributed by atoms with E-state index in [9.17, 15) is 20.1 Å². The third kappa shape index (κ3) is 6.11. The van der Waals surface area contributed by atoms with Crippen molar-refractivity contribution in [2.75, 3.05) is 12.3 Å². The molecule has 8 heteroatoms. The number of nitrogens with two attached hydrogens (primary N) is 1. The van der Waals surface area contributed by atoms with Crippen molar-refractivity contribution in [3.63, 3.8) is 0 Å². The predicted molar refractivity (Wildman–Crippen MR) is 242 cm³/mol. The number of nitrogens with one attached hydrogen (secondary N) is 1. The molecule has 11 rings (SSSR count). The largest absolute Gasteiger partial charge is 0.508 e. The highest BCUT2D eigenvalue weighted by Crippen LogP contribution is 2.77. The summed E-state index contributed by atoms with van der Waals surface area (Å²) in [5.41, 5.74) is 8.51. The van der Waals surface area contributed by atoms with E-state index in [1.165, 1.54) is 11.1 Å². The Bertz CT molecular complexity index is 2210. The molecule has 2 bridgehead atoms. The fourth-order valence-electron chi connectivity index (χ4n) is 16.9. The third-order valence-corrected chi connectivity index (χ3v) is 19.7. The van der Waals surface area contributed by atoms with Crippen LogP contribution in [0.5, 0.6) is 5.75 Å². The Morgan fingerprint density at radius 1 is 0.952 bits per heavy atom. The van der Waals surface area contributed by atoms with Gasteiger partial charge in [-0.1, -0.05) is 88.9 Å². The van der Waals surface area contributed by atoms with Crippen molar-refractivity contribution in [2.24, 2.45) is 51.2 Å². The van der Waals surface area contributed by atoms with Gasteiger partial charge in [0.1, 0.15) is 17.6 Å². The molecule has 62 heavy (non-hydrogen) atoms. The van der Waals surface area contributed by atoms with Crippen LogP contribution in [-0.2, 0) is 14.3 Å². The summed E-state index contributed by atoms with van der Waals surface area (Å²) in [7, 11) is 0. The van der Waals surface area contributed by atoms with E-state index in [0.717, 1.165) is 74.6 Å². The molecular formula is C54H72N2O6. The highest BCUT2D eigenvalue weighted by Gasteiger charge is 2.75. The minimum absolute atomic E-state index is 0.0340. The highest BCUT2D eigenvalue weighted by atomic mass is 16.6. The van der Waals surface area contributed by atoms with Crippen molar-refractivity contribution in [1.82, 2.24) is 5.32 Å². The lowest BCUT2D eigenvalue weighted by molar-refractivity contribution is -0.211. The number of aliphatic hydroxyl groups excluding tert-OH is 1. The van der Waals surface area contributed by atoms with Crippen molar-refractivity contribution >= 4 is 17.3 Å². The quantitative estimate of drug-likeness (QED) is 0.105. The van der Waals surface area contributed by atoms with E-state index in [4.69, 9.17) is 10.5 Å². The summed E-state index contributed by atoms with van der Waals surface area (Å²) in [6, 6.07) is 15.7. The number of aliphatic hydroxyl groups is 2. The number of carbonyl (C=O) groups excluding carboxylic acids is 2. The first-order chi connectivity index (χ1) is 29.4. The van der Waals surface area contributed by atoms with Gasteiger partial charge in [0.25, 0.3) is 0 Å². The second-order valence-electron chi connectivity index (χ2n) is 23.1. The predicted octanol–water partition coefficient (Wildman–Crippen LogP) is 9.33. The first-order valence-corrected chi connectivity index (χ1v) is 24.3. The number of carbonyl (C=O) groups is 2. The molecule has 2 aromatic rings. The van der Waals surface area contributed by atoms with Gasteiger partial charge in [0, 0.05) is 35.5 Å². The number of hydrogen-bond acceptors (Lipinski definition) is 8. The molecule has 334 valence electrons. The molecule has 9 aliphatic rings. The van der Waals surface area contributed by atoms with Gasteiger partial charge in [-0.25, -0.2) is 0 Å². The summed E-state index contributed by atoms with van der Waals surface area (Å²) in [5.74, 6) is 1.10. The fraction of sp³-hybridized carbons (Fsp3) is 0.667. The van der Waals surface area contributed by atoms with E-state index in [1.54, 1.807) is 6.07 Å². The molecule has 4 saturated carbocycles. The van der Waals surface area contributed by atoms with Gasteiger partial charge in [0.05, 0.1) is 23.2 Å². The Morgan fingerprint density at radius 2 is 1.71 bits per heavy atom.